The van der Waals surface area contributed by atoms with E-state index in [1.807, 2.05) is 19.1 Å². The second kappa shape index (κ2) is 8.83. The van der Waals surface area contributed by atoms with Crippen molar-refractivity contribution in [1.29, 1.82) is 0 Å². The van der Waals surface area contributed by atoms with E-state index >= 15 is 0 Å². The van der Waals surface area contributed by atoms with Crippen LogP contribution >= 0.6 is 0 Å². The Morgan fingerprint density at radius 1 is 1.16 bits per heavy atom. The Bertz CT molecular complexity index is 370. The fourth-order valence-electron chi connectivity index (χ4n) is 2.00. The number of aliphatic hydroxyl groups is 2. The van der Waals surface area contributed by atoms with E-state index in [0.717, 1.165) is 37.7 Å². The molecule has 19 heavy (non-hydrogen) atoms. The van der Waals surface area contributed by atoms with Gasteiger partial charge in [0.15, 0.2) is 5.78 Å². The zero-order valence-electron chi connectivity index (χ0n) is 11.6. The fourth-order valence-corrected chi connectivity index (χ4v) is 2.00. The molecule has 0 fully saturated rings. The molecule has 0 aromatic heterocycles. The molecule has 0 bridgehead atoms. The van der Waals surface area contributed by atoms with Gasteiger partial charge < -0.3 is 10.2 Å². The Kier molecular flexibility index (Phi) is 7.38. The number of unbranched alkanes of at least 4 members (excludes halogenated alkanes) is 2. The van der Waals surface area contributed by atoms with Crippen molar-refractivity contribution in [3.05, 3.63) is 35.4 Å². The summed E-state index contributed by atoms with van der Waals surface area (Å²) in [6, 6.07) is 7.42. The first kappa shape index (κ1) is 15.9. The Balaban J connectivity index is 2.52. The van der Waals surface area contributed by atoms with Crippen molar-refractivity contribution in [2.24, 2.45) is 0 Å². The molecule has 0 spiro atoms. The number of hydrogen-bond acceptors (Lipinski definition) is 3. The highest BCUT2D eigenvalue weighted by Crippen LogP contribution is 2.12. The van der Waals surface area contributed by atoms with Crippen molar-refractivity contribution < 1.29 is 15.0 Å². The monoisotopic (exact) mass is 264 g/mol. The first-order chi connectivity index (χ1) is 9.19. The predicted molar refractivity (Wildman–Crippen MR) is 76.3 cm³/mol. The van der Waals surface area contributed by atoms with Gasteiger partial charge in [0, 0.05) is 12.2 Å². The lowest BCUT2D eigenvalue weighted by Crippen LogP contribution is -2.20. The number of aryl methyl sites for hydroxylation is 1. The number of aliphatic hydroxyl groups excluding tert-OH is 2. The molecule has 1 rings (SSSR count). The molecule has 2 N–H and O–H groups in total. The molecule has 1 aromatic rings. The molecule has 1 unspecified atom stereocenters. The van der Waals surface area contributed by atoms with Gasteiger partial charge in [-0.3, -0.25) is 4.79 Å². The van der Waals surface area contributed by atoms with Gasteiger partial charge in [0.1, 0.15) is 6.10 Å². The second-order valence-electron chi connectivity index (χ2n) is 4.90. The van der Waals surface area contributed by atoms with E-state index in [2.05, 4.69) is 0 Å². The highest BCUT2D eigenvalue weighted by atomic mass is 16.3. The topological polar surface area (TPSA) is 57.5 Å². The summed E-state index contributed by atoms with van der Waals surface area (Å²) in [7, 11) is 0. The van der Waals surface area contributed by atoms with Gasteiger partial charge >= 0.3 is 0 Å². The Labute approximate surface area is 115 Å². The summed E-state index contributed by atoms with van der Waals surface area (Å²) in [5.41, 5.74) is 1.74. The van der Waals surface area contributed by atoms with Crippen LogP contribution in [-0.4, -0.2) is 28.7 Å². The third-order valence-electron chi connectivity index (χ3n) is 3.25. The van der Waals surface area contributed by atoms with Crippen LogP contribution in [0.15, 0.2) is 24.3 Å². The quantitative estimate of drug-likeness (QED) is 0.532. The van der Waals surface area contributed by atoms with E-state index in [9.17, 15) is 9.90 Å². The summed E-state index contributed by atoms with van der Waals surface area (Å²) < 4.78 is 0. The lowest BCUT2D eigenvalue weighted by Gasteiger charge is -2.09. The molecule has 1 atom stereocenters. The van der Waals surface area contributed by atoms with Crippen molar-refractivity contribution >= 4 is 5.78 Å². The summed E-state index contributed by atoms with van der Waals surface area (Å²) in [5.74, 6) is -0.185. The minimum atomic E-state index is -0.875. The van der Waals surface area contributed by atoms with E-state index in [4.69, 9.17) is 5.11 Å². The maximum atomic E-state index is 11.9. The molecule has 0 amide bonds. The third-order valence-corrected chi connectivity index (χ3v) is 3.25. The molecule has 0 aliphatic carbocycles. The molecule has 106 valence electrons. The zero-order valence-corrected chi connectivity index (χ0v) is 11.6. The summed E-state index contributed by atoms with van der Waals surface area (Å²) in [6.07, 6.45) is 4.17. The van der Waals surface area contributed by atoms with Gasteiger partial charge in [-0.25, -0.2) is 0 Å². The number of hydrogen-bond donors (Lipinski definition) is 2. The maximum Gasteiger partial charge on any atom is 0.191 e. The largest absolute Gasteiger partial charge is 0.396 e. The normalized spacial score (nSPS) is 12.4. The van der Waals surface area contributed by atoms with Crippen molar-refractivity contribution in [3.8, 4) is 0 Å². The first-order valence-electron chi connectivity index (χ1n) is 7.11. The number of carbonyl (C=O) groups excluding carboxylic acids is 1. The van der Waals surface area contributed by atoms with Gasteiger partial charge in [-0.05, 0) is 31.2 Å². The SMILES string of the molecule is CCCCC(O)C(=O)c1ccc(CCCCO)cc1. The lowest BCUT2D eigenvalue weighted by molar-refractivity contribution is 0.0726. The van der Waals surface area contributed by atoms with Crippen LogP contribution in [0.25, 0.3) is 0 Å². The smallest absolute Gasteiger partial charge is 0.191 e. The molecule has 0 radical (unpaired) electrons. The summed E-state index contributed by atoms with van der Waals surface area (Å²) >= 11 is 0. The third kappa shape index (κ3) is 5.53. The molecular formula is C16H24O3. The number of rotatable bonds is 9. The average molecular weight is 264 g/mol. The predicted octanol–water partition coefficient (Wildman–Crippen LogP) is 2.74. The van der Waals surface area contributed by atoms with Gasteiger partial charge in [0.05, 0.1) is 0 Å². The minimum absolute atomic E-state index is 0.185. The summed E-state index contributed by atoms with van der Waals surface area (Å²) in [6.45, 7) is 2.26. The molecule has 3 nitrogen and oxygen atoms in total. The molecule has 3 heteroatoms. The van der Waals surface area contributed by atoms with E-state index in [1.54, 1.807) is 12.1 Å². The molecule has 0 aliphatic heterocycles. The highest BCUT2D eigenvalue weighted by Gasteiger charge is 2.16. The fraction of sp³-hybridized carbons (Fsp3) is 0.562. The van der Waals surface area contributed by atoms with Crippen molar-refractivity contribution in [3.63, 3.8) is 0 Å². The zero-order chi connectivity index (χ0) is 14.1. The van der Waals surface area contributed by atoms with Crippen LogP contribution in [0.3, 0.4) is 0 Å². The molecule has 0 saturated carbocycles. The van der Waals surface area contributed by atoms with E-state index in [1.165, 1.54) is 0 Å². The van der Waals surface area contributed by atoms with E-state index in [0.29, 0.717) is 12.0 Å². The van der Waals surface area contributed by atoms with Crippen LogP contribution in [0.4, 0.5) is 0 Å². The molecule has 1 aromatic carbocycles. The first-order valence-corrected chi connectivity index (χ1v) is 7.11. The van der Waals surface area contributed by atoms with Gasteiger partial charge in [0.2, 0.25) is 0 Å². The summed E-state index contributed by atoms with van der Waals surface area (Å²) in [4.78, 5) is 11.9. The highest BCUT2D eigenvalue weighted by molar-refractivity contribution is 5.99. The average Bonchev–Trinajstić information content (AvgIpc) is 2.45. The number of carbonyl (C=O) groups is 1. The van der Waals surface area contributed by atoms with Gasteiger partial charge in [0.25, 0.3) is 0 Å². The van der Waals surface area contributed by atoms with Crippen LogP contribution in [0, 0.1) is 0 Å². The minimum Gasteiger partial charge on any atom is -0.396 e. The van der Waals surface area contributed by atoms with E-state index in [-0.39, 0.29) is 12.4 Å². The maximum absolute atomic E-state index is 11.9. The van der Waals surface area contributed by atoms with Gasteiger partial charge in [-0.2, -0.15) is 0 Å². The van der Waals surface area contributed by atoms with Crippen LogP contribution in [0.1, 0.15) is 54.9 Å². The number of ketones is 1. The number of Topliss-reactive ketones (excluding diaryl/α,β-unsaturated/α-hetero) is 1. The van der Waals surface area contributed by atoms with Crippen molar-refractivity contribution in [2.45, 2.75) is 51.6 Å². The summed E-state index contributed by atoms with van der Waals surface area (Å²) in [5, 5.41) is 18.5. The standard InChI is InChI=1S/C16H24O3/c1-2-3-7-15(18)16(19)14-10-8-13(9-11-14)6-4-5-12-17/h8-11,15,17-18H,2-7,12H2,1H3. The van der Waals surface area contributed by atoms with Gasteiger partial charge in [-0.15, -0.1) is 0 Å². The van der Waals surface area contributed by atoms with Crippen LogP contribution < -0.4 is 0 Å². The molecule has 0 aliphatic rings. The molecule has 0 heterocycles. The Morgan fingerprint density at radius 2 is 1.84 bits per heavy atom. The van der Waals surface area contributed by atoms with Crippen LogP contribution in [0.5, 0.6) is 0 Å². The van der Waals surface area contributed by atoms with Crippen LogP contribution in [-0.2, 0) is 6.42 Å². The van der Waals surface area contributed by atoms with E-state index < -0.39 is 6.10 Å². The Hall–Kier alpha value is -1.19. The van der Waals surface area contributed by atoms with Gasteiger partial charge in [-0.1, -0.05) is 44.0 Å². The molecular weight excluding hydrogens is 240 g/mol. The van der Waals surface area contributed by atoms with Crippen molar-refractivity contribution in [2.75, 3.05) is 6.61 Å². The van der Waals surface area contributed by atoms with Crippen LogP contribution in [0.2, 0.25) is 0 Å². The number of benzene rings is 1. The lowest BCUT2D eigenvalue weighted by atomic mass is 9.99. The van der Waals surface area contributed by atoms with Crippen molar-refractivity contribution in [1.82, 2.24) is 0 Å². The molecule has 0 saturated heterocycles. The Morgan fingerprint density at radius 3 is 2.42 bits per heavy atom. The second-order valence-corrected chi connectivity index (χ2v) is 4.90.